The van der Waals surface area contributed by atoms with Crippen molar-refractivity contribution in [1.82, 2.24) is 15.3 Å². The van der Waals surface area contributed by atoms with E-state index < -0.39 is 0 Å². The number of hydrogen-bond acceptors (Lipinski definition) is 7. The van der Waals surface area contributed by atoms with Crippen molar-refractivity contribution in [2.45, 2.75) is 25.2 Å². The lowest BCUT2D eigenvalue weighted by Gasteiger charge is -2.39. The zero-order valence-electron chi connectivity index (χ0n) is 17.3. The maximum Gasteiger partial charge on any atom is 0.225 e. The highest BCUT2D eigenvalue weighted by Gasteiger charge is 2.37. The summed E-state index contributed by atoms with van der Waals surface area (Å²) in [6, 6.07) is 9.57. The third kappa shape index (κ3) is 3.96. The van der Waals surface area contributed by atoms with Crippen LogP contribution >= 0.6 is 0 Å². The van der Waals surface area contributed by atoms with Crippen molar-refractivity contribution in [2.24, 2.45) is 10.4 Å². The van der Waals surface area contributed by atoms with E-state index in [1.54, 1.807) is 25.4 Å². The number of aromatic nitrogens is 2. The van der Waals surface area contributed by atoms with Crippen LogP contribution in [0.2, 0.25) is 0 Å². The number of anilines is 1. The zero-order valence-corrected chi connectivity index (χ0v) is 17.3. The molecule has 2 saturated heterocycles. The van der Waals surface area contributed by atoms with Gasteiger partial charge < -0.3 is 15.6 Å². The van der Waals surface area contributed by atoms with E-state index in [0.717, 1.165) is 61.8 Å². The smallest absolute Gasteiger partial charge is 0.225 e. The summed E-state index contributed by atoms with van der Waals surface area (Å²) in [5.41, 5.74) is 3.60. The van der Waals surface area contributed by atoms with E-state index in [0.29, 0.717) is 11.0 Å². The Bertz CT molecular complexity index is 958. The number of piperidine rings is 1. The molecule has 1 aromatic heterocycles. The molecule has 3 heterocycles. The highest BCUT2D eigenvalue weighted by molar-refractivity contribution is 5.91. The largest absolute Gasteiger partial charge is 0.341 e. The van der Waals surface area contributed by atoms with Crippen LogP contribution in [0.25, 0.3) is 11.3 Å². The number of nitrogens with zero attached hydrogens (tertiary/aromatic N) is 5. The van der Waals surface area contributed by atoms with Gasteiger partial charge in [0.25, 0.3) is 0 Å². The Labute approximate surface area is 177 Å². The van der Waals surface area contributed by atoms with E-state index in [-0.39, 0.29) is 5.92 Å². The summed E-state index contributed by atoms with van der Waals surface area (Å²) in [6.45, 7) is 4.16. The maximum absolute atomic E-state index is 9.12. The van der Waals surface area contributed by atoms with Crippen molar-refractivity contribution >= 4 is 18.4 Å². The fourth-order valence-electron chi connectivity index (χ4n) is 4.49. The van der Waals surface area contributed by atoms with Gasteiger partial charge in [0.05, 0.1) is 23.2 Å². The Balaban J connectivity index is 1.67. The molecule has 0 amide bonds. The molecule has 7 nitrogen and oxygen atoms in total. The Morgan fingerprint density at radius 1 is 1.27 bits per heavy atom. The first kappa shape index (κ1) is 20.2. The summed E-state index contributed by atoms with van der Waals surface area (Å²) in [5.74, 6) is 0.444. The van der Waals surface area contributed by atoms with Gasteiger partial charge in [-0.2, -0.15) is 5.26 Å². The maximum atomic E-state index is 9.12. The Hall–Kier alpha value is -3.11. The van der Waals surface area contributed by atoms with Crippen molar-refractivity contribution in [3.63, 3.8) is 0 Å². The monoisotopic (exact) mass is 401 g/mol. The van der Waals surface area contributed by atoms with Gasteiger partial charge in [-0.1, -0.05) is 12.1 Å². The molecule has 30 heavy (non-hydrogen) atoms. The lowest BCUT2D eigenvalue weighted by Crippen LogP contribution is -2.42. The summed E-state index contributed by atoms with van der Waals surface area (Å²) >= 11 is 0. The molecule has 0 radical (unpaired) electrons. The molecule has 2 fully saturated rings. The van der Waals surface area contributed by atoms with Gasteiger partial charge in [-0.3, -0.25) is 4.99 Å². The molecule has 7 heteroatoms. The molecule has 4 rings (SSSR count). The van der Waals surface area contributed by atoms with Crippen LogP contribution in [-0.4, -0.2) is 55.6 Å². The molecule has 0 aliphatic carbocycles. The van der Waals surface area contributed by atoms with Gasteiger partial charge in [0.2, 0.25) is 5.95 Å². The Kier molecular flexibility index (Phi) is 5.86. The first-order chi connectivity index (χ1) is 14.7. The van der Waals surface area contributed by atoms with Crippen LogP contribution in [0.3, 0.4) is 0 Å². The number of nitriles is 1. The lowest BCUT2D eigenvalue weighted by atomic mass is 9.78. The zero-order chi connectivity index (χ0) is 21.0. The molecule has 1 aromatic carbocycles. The summed E-state index contributed by atoms with van der Waals surface area (Å²) < 4.78 is 0. The van der Waals surface area contributed by atoms with E-state index in [4.69, 9.17) is 15.7 Å². The van der Waals surface area contributed by atoms with Crippen molar-refractivity contribution < 1.29 is 0 Å². The van der Waals surface area contributed by atoms with Crippen molar-refractivity contribution in [3.8, 4) is 17.3 Å². The van der Waals surface area contributed by atoms with Crippen LogP contribution in [0.1, 0.15) is 36.3 Å². The van der Waals surface area contributed by atoms with Crippen LogP contribution in [0.4, 0.5) is 5.95 Å². The molecule has 0 bridgehead atoms. The van der Waals surface area contributed by atoms with E-state index in [2.05, 4.69) is 26.3 Å². The van der Waals surface area contributed by atoms with Crippen LogP contribution in [-0.2, 0) is 0 Å². The van der Waals surface area contributed by atoms with E-state index in [9.17, 15) is 0 Å². The SMILES string of the molecule is CN=CC(C=N)c1cnc(N2CCC3(CCNC3)CC2)nc1-c1ccc(C#N)cc1. The van der Waals surface area contributed by atoms with E-state index in [1.165, 1.54) is 12.6 Å². The molecule has 1 spiro atoms. The predicted octanol–water partition coefficient (Wildman–Crippen LogP) is 3.03. The second kappa shape index (κ2) is 8.72. The molecular weight excluding hydrogens is 374 g/mol. The minimum Gasteiger partial charge on any atom is -0.341 e. The third-order valence-electron chi connectivity index (χ3n) is 6.38. The van der Waals surface area contributed by atoms with Crippen molar-refractivity contribution in [2.75, 3.05) is 38.1 Å². The topological polar surface area (TPSA) is 101 Å². The van der Waals surface area contributed by atoms with E-state index in [1.807, 2.05) is 18.3 Å². The van der Waals surface area contributed by atoms with Gasteiger partial charge in [0.1, 0.15) is 0 Å². The fourth-order valence-corrected chi connectivity index (χ4v) is 4.49. The van der Waals surface area contributed by atoms with Gasteiger partial charge in [0.15, 0.2) is 0 Å². The van der Waals surface area contributed by atoms with Gasteiger partial charge in [-0.05, 0) is 43.4 Å². The van der Waals surface area contributed by atoms with Crippen LogP contribution in [0.15, 0.2) is 35.5 Å². The standard InChI is InChI=1S/C23H27N7/c1-26-14-19(13-25)20-15-28-22(29-21(20)18-4-2-17(12-24)3-5-18)30-10-7-23(8-11-30)6-9-27-16-23/h2-5,13-15,19,25,27H,6-11,16H2,1H3. The summed E-state index contributed by atoms with van der Waals surface area (Å²) in [7, 11) is 1.70. The number of aliphatic imine (C=N–C) groups is 1. The minimum atomic E-state index is -0.288. The number of nitrogens with one attached hydrogen (secondary N) is 2. The lowest BCUT2D eigenvalue weighted by molar-refractivity contribution is 0.246. The van der Waals surface area contributed by atoms with E-state index >= 15 is 0 Å². The quantitative estimate of drug-likeness (QED) is 0.750. The molecule has 154 valence electrons. The number of hydrogen-bond donors (Lipinski definition) is 2. The normalized spacial score (nSPS) is 19.1. The first-order valence-corrected chi connectivity index (χ1v) is 10.4. The third-order valence-corrected chi connectivity index (χ3v) is 6.38. The average Bonchev–Trinajstić information content (AvgIpc) is 3.25. The molecule has 1 unspecified atom stereocenters. The molecule has 2 aliphatic rings. The van der Waals surface area contributed by atoms with Crippen LogP contribution in [0.5, 0.6) is 0 Å². The summed E-state index contributed by atoms with van der Waals surface area (Å²) in [5, 5.41) is 20.5. The predicted molar refractivity (Wildman–Crippen MR) is 119 cm³/mol. The van der Waals surface area contributed by atoms with Crippen LogP contribution in [0, 0.1) is 22.2 Å². The van der Waals surface area contributed by atoms with Crippen molar-refractivity contribution in [1.29, 1.82) is 10.7 Å². The first-order valence-electron chi connectivity index (χ1n) is 10.4. The molecular formula is C23H27N7. The van der Waals surface area contributed by atoms with Crippen LogP contribution < -0.4 is 10.2 Å². The highest BCUT2D eigenvalue weighted by atomic mass is 15.3. The van der Waals surface area contributed by atoms with Gasteiger partial charge in [-0.15, -0.1) is 0 Å². The molecule has 1 atom stereocenters. The number of rotatable bonds is 5. The molecule has 2 N–H and O–H groups in total. The average molecular weight is 402 g/mol. The highest BCUT2D eigenvalue weighted by Crippen LogP contribution is 2.38. The second-order valence-corrected chi connectivity index (χ2v) is 8.18. The van der Waals surface area contributed by atoms with Gasteiger partial charge in [0, 0.05) is 56.4 Å². The minimum absolute atomic E-state index is 0.288. The molecule has 2 aliphatic heterocycles. The van der Waals surface area contributed by atoms with Gasteiger partial charge >= 0.3 is 0 Å². The molecule has 0 saturated carbocycles. The Morgan fingerprint density at radius 2 is 2.03 bits per heavy atom. The summed E-state index contributed by atoms with van der Waals surface area (Å²) in [6.07, 6.45) is 8.49. The molecule has 2 aromatic rings. The number of benzene rings is 1. The van der Waals surface area contributed by atoms with Crippen molar-refractivity contribution in [3.05, 3.63) is 41.6 Å². The van der Waals surface area contributed by atoms with Gasteiger partial charge in [-0.25, -0.2) is 9.97 Å². The Morgan fingerprint density at radius 3 is 2.63 bits per heavy atom. The summed E-state index contributed by atoms with van der Waals surface area (Å²) in [4.78, 5) is 16.0. The second-order valence-electron chi connectivity index (χ2n) is 8.18. The fraction of sp³-hybridized carbons (Fsp3) is 0.435.